The molecule has 0 fully saturated rings. The maximum absolute atomic E-state index is 5.28. The standard InChI is InChI=1S/C36H22N4/c1-2-11-24(12-3-1)34-27-15-4-6-17-28(27)37-36(38-34)40-31-20-9-8-19-30(31)39-29-18-7-5-14-25(29)26-16-10-13-23-21-22-32(40)35(39)33(23)26/h1-22H. The molecular weight excluding hydrogens is 488 g/mol. The summed E-state index contributed by atoms with van der Waals surface area (Å²) in [5.41, 5.74) is 8.52. The van der Waals surface area contributed by atoms with Gasteiger partial charge in [-0.05, 0) is 41.1 Å². The Morgan fingerprint density at radius 2 is 1.10 bits per heavy atom. The van der Waals surface area contributed by atoms with E-state index in [9.17, 15) is 0 Å². The lowest BCUT2D eigenvalue weighted by Gasteiger charge is -2.27. The molecule has 1 aromatic heterocycles. The Bertz CT molecular complexity index is 2380. The molecule has 9 rings (SSSR count). The van der Waals surface area contributed by atoms with Crippen LogP contribution < -0.4 is 0 Å². The summed E-state index contributed by atoms with van der Waals surface area (Å²) < 4.78 is 4.66. The largest absolute Gasteiger partial charge is 0.305 e. The summed E-state index contributed by atoms with van der Waals surface area (Å²) in [6.07, 6.45) is 0. The topological polar surface area (TPSA) is 35.6 Å². The summed E-state index contributed by atoms with van der Waals surface area (Å²) in [4.78, 5) is 10.4. The monoisotopic (exact) mass is 510 g/mol. The van der Waals surface area contributed by atoms with Gasteiger partial charge in [0.05, 0.1) is 39.0 Å². The van der Waals surface area contributed by atoms with Crippen molar-refractivity contribution >= 4 is 54.5 Å². The van der Waals surface area contributed by atoms with Crippen molar-refractivity contribution in [2.75, 3.05) is 0 Å². The number of fused-ring (bicyclic) bond motifs is 6. The van der Waals surface area contributed by atoms with E-state index in [1.165, 1.54) is 32.7 Å². The van der Waals surface area contributed by atoms with Gasteiger partial charge in [-0.1, -0.05) is 103 Å². The van der Waals surface area contributed by atoms with Crippen molar-refractivity contribution in [1.82, 2.24) is 19.1 Å². The van der Waals surface area contributed by atoms with E-state index in [1.807, 2.05) is 12.1 Å². The summed E-state index contributed by atoms with van der Waals surface area (Å²) in [6.45, 7) is 0. The third-order valence-corrected chi connectivity index (χ3v) is 8.10. The SMILES string of the molecule is c1ccc(-c2nc(-n3c4ccc5cccc6c7ccccc7n(c7ccccc73)-c4c56)nc3ccccc23)cc1. The second kappa shape index (κ2) is 8.01. The molecule has 40 heavy (non-hydrogen) atoms. The van der Waals surface area contributed by atoms with Crippen LogP contribution in [-0.2, 0) is 0 Å². The van der Waals surface area contributed by atoms with Gasteiger partial charge < -0.3 is 4.57 Å². The van der Waals surface area contributed by atoms with E-state index in [0.29, 0.717) is 5.95 Å². The molecule has 0 spiro atoms. The fourth-order valence-corrected chi connectivity index (χ4v) is 6.42. The minimum absolute atomic E-state index is 0.664. The highest BCUT2D eigenvalue weighted by atomic mass is 15.2. The average Bonchev–Trinajstić information content (AvgIpc) is 3.03. The van der Waals surface area contributed by atoms with Crippen LogP contribution in [0.1, 0.15) is 0 Å². The van der Waals surface area contributed by atoms with Crippen LogP contribution in [0.15, 0.2) is 133 Å². The first-order valence-corrected chi connectivity index (χ1v) is 13.5. The van der Waals surface area contributed by atoms with Crippen molar-refractivity contribution in [1.29, 1.82) is 0 Å². The normalized spacial score (nSPS) is 12.0. The Morgan fingerprint density at radius 1 is 0.425 bits per heavy atom. The van der Waals surface area contributed by atoms with Crippen LogP contribution in [0.5, 0.6) is 0 Å². The van der Waals surface area contributed by atoms with Gasteiger partial charge in [-0.25, -0.2) is 9.97 Å². The van der Waals surface area contributed by atoms with E-state index in [4.69, 9.17) is 9.97 Å². The molecule has 0 amide bonds. The molecule has 4 nitrogen and oxygen atoms in total. The maximum atomic E-state index is 5.28. The zero-order valence-corrected chi connectivity index (χ0v) is 21.5. The minimum Gasteiger partial charge on any atom is -0.305 e. The lowest BCUT2D eigenvalue weighted by atomic mass is 9.97. The number of nitrogens with zero attached hydrogens (tertiary/aromatic N) is 4. The molecule has 0 atom stereocenters. The van der Waals surface area contributed by atoms with Crippen molar-refractivity contribution < 1.29 is 0 Å². The first-order valence-electron chi connectivity index (χ1n) is 13.5. The number of pyridine rings is 1. The Labute approximate surface area is 229 Å². The molecule has 6 aromatic carbocycles. The second-order valence-electron chi connectivity index (χ2n) is 10.3. The van der Waals surface area contributed by atoms with Crippen molar-refractivity contribution in [3.63, 3.8) is 0 Å². The van der Waals surface area contributed by atoms with Crippen LogP contribution in [0.2, 0.25) is 0 Å². The average molecular weight is 511 g/mol. The second-order valence-corrected chi connectivity index (χ2v) is 10.3. The highest BCUT2D eigenvalue weighted by Crippen LogP contribution is 2.42. The zero-order valence-electron chi connectivity index (χ0n) is 21.5. The third kappa shape index (κ3) is 2.85. The van der Waals surface area contributed by atoms with Crippen molar-refractivity contribution in [2.24, 2.45) is 0 Å². The molecule has 0 aliphatic carbocycles. The molecule has 0 N–H and O–H groups in total. The zero-order chi connectivity index (χ0) is 26.2. The van der Waals surface area contributed by atoms with Gasteiger partial charge in [0.1, 0.15) is 0 Å². The molecule has 2 aliphatic rings. The van der Waals surface area contributed by atoms with E-state index >= 15 is 0 Å². The van der Waals surface area contributed by atoms with E-state index in [0.717, 1.165) is 38.7 Å². The van der Waals surface area contributed by atoms with Gasteiger partial charge in [-0.15, -0.1) is 0 Å². The summed E-state index contributed by atoms with van der Waals surface area (Å²) in [5.74, 6) is 0.664. The van der Waals surface area contributed by atoms with E-state index < -0.39 is 0 Å². The Balaban J connectivity index is 1.53. The molecule has 7 aromatic rings. The molecule has 0 saturated carbocycles. The molecule has 186 valence electrons. The Morgan fingerprint density at radius 3 is 1.95 bits per heavy atom. The van der Waals surface area contributed by atoms with Crippen LogP contribution in [0.3, 0.4) is 0 Å². The molecule has 2 aliphatic heterocycles. The number of rotatable bonds is 2. The Kier molecular flexibility index (Phi) is 4.30. The maximum Gasteiger partial charge on any atom is 0.235 e. The van der Waals surface area contributed by atoms with Crippen LogP contribution in [-0.4, -0.2) is 19.1 Å². The van der Waals surface area contributed by atoms with Gasteiger partial charge in [0.25, 0.3) is 0 Å². The summed E-state index contributed by atoms with van der Waals surface area (Å²) >= 11 is 0. The highest BCUT2D eigenvalue weighted by molar-refractivity contribution is 6.20. The molecule has 0 saturated heterocycles. The molecular formula is C36H22N4. The smallest absolute Gasteiger partial charge is 0.235 e. The molecule has 0 radical (unpaired) electrons. The van der Waals surface area contributed by atoms with Crippen LogP contribution in [0, 0.1) is 0 Å². The van der Waals surface area contributed by atoms with Gasteiger partial charge in [-0.2, -0.15) is 0 Å². The van der Waals surface area contributed by atoms with Crippen molar-refractivity contribution in [3.05, 3.63) is 133 Å². The highest BCUT2D eigenvalue weighted by Gasteiger charge is 2.23. The summed E-state index contributed by atoms with van der Waals surface area (Å²) in [6, 6.07) is 47.0. The minimum atomic E-state index is 0.664. The molecule has 0 unspecified atom stereocenters. The first-order chi connectivity index (χ1) is 19.9. The number of hydrogen-bond acceptors (Lipinski definition) is 2. The van der Waals surface area contributed by atoms with Gasteiger partial charge >= 0.3 is 0 Å². The predicted molar refractivity (Wildman–Crippen MR) is 165 cm³/mol. The molecule has 0 bridgehead atoms. The Hall–Kier alpha value is -5.48. The number of benzene rings is 6. The van der Waals surface area contributed by atoms with E-state index in [-0.39, 0.29) is 0 Å². The molecule has 3 heterocycles. The quantitative estimate of drug-likeness (QED) is 0.172. The predicted octanol–water partition coefficient (Wildman–Crippen LogP) is 8.93. The van der Waals surface area contributed by atoms with Crippen LogP contribution >= 0.6 is 0 Å². The van der Waals surface area contributed by atoms with E-state index in [1.54, 1.807) is 0 Å². The van der Waals surface area contributed by atoms with Crippen molar-refractivity contribution in [3.8, 4) is 22.9 Å². The number of para-hydroxylation sites is 4. The van der Waals surface area contributed by atoms with Gasteiger partial charge in [-0.3, -0.25) is 4.57 Å². The lowest BCUT2D eigenvalue weighted by molar-refractivity contribution is 0.982. The fourth-order valence-electron chi connectivity index (χ4n) is 6.42. The third-order valence-electron chi connectivity index (χ3n) is 8.10. The van der Waals surface area contributed by atoms with Crippen LogP contribution in [0.25, 0.3) is 77.4 Å². The van der Waals surface area contributed by atoms with Gasteiger partial charge in [0.2, 0.25) is 5.95 Å². The number of hydrogen-bond donors (Lipinski definition) is 0. The fraction of sp³-hybridized carbons (Fsp3) is 0. The summed E-state index contributed by atoms with van der Waals surface area (Å²) in [5, 5.41) is 6.02. The lowest BCUT2D eigenvalue weighted by Crippen LogP contribution is -2.14. The van der Waals surface area contributed by atoms with Gasteiger partial charge in [0, 0.05) is 21.7 Å². The summed E-state index contributed by atoms with van der Waals surface area (Å²) in [7, 11) is 0. The van der Waals surface area contributed by atoms with Gasteiger partial charge in [0.15, 0.2) is 0 Å². The number of aromatic nitrogens is 4. The van der Waals surface area contributed by atoms with Crippen molar-refractivity contribution in [2.45, 2.75) is 0 Å². The van der Waals surface area contributed by atoms with E-state index in [2.05, 4.69) is 130 Å². The first kappa shape index (κ1) is 21.5. The molecule has 4 heteroatoms. The van der Waals surface area contributed by atoms with Crippen LogP contribution in [0.4, 0.5) is 0 Å².